The summed E-state index contributed by atoms with van der Waals surface area (Å²) in [4.78, 5) is 6.30. The van der Waals surface area contributed by atoms with Crippen LogP contribution in [-0.2, 0) is 11.8 Å². The summed E-state index contributed by atoms with van der Waals surface area (Å²) in [7, 11) is 1.79. The van der Waals surface area contributed by atoms with E-state index in [0.717, 1.165) is 52.8 Å². The molecule has 0 aromatic heterocycles. The van der Waals surface area contributed by atoms with Gasteiger partial charge in [-0.1, -0.05) is 26.0 Å². The quantitative estimate of drug-likeness (QED) is 0.295. The van der Waals surface area contributed by atoms with Gasteiger partial charge >= 0.3 is 0 Å². The first-order valence-electron chi connectivity index (χ1n) is 11.2. The van der Waals surface area contributed by atoms with Crippen molar-refractivity contribution in [1.29, 1.82) is 0 Å². The van der Waals surface area contributed by atoms with Gasteiger partial charge in [-0.15, -0.1) is 0 Å². The average Bonchev–Trinajstić information content (AvgIpc) is 3.01. The fraction of sp³-hybridized carbons (Fsp3) is 0.321. The molecule has 32 heavy (non-hydrogen) atoms. The van der Waals surface area contributed by atoms with Gasteiger partial charge in [0.2, 0.25) is 0 Å². The van der Waals surface area contributed by atoms with E-state index >= 15 is 0 Å². The zero-order valence-electron chi connectivity index (χ0n) is 19.9. The van der Waals surface area contributed by atoms with Crippen molar-refractivity contribution in [1.82, 2.24) is 0 Å². The van der Waals surface area contributed by atoms with E-state index in [1.165, 1.54) is 11.1 Å². The molecule has 3 aromatic rings. The molecule has 0 saturated heterocycles. The zero-order chi connectivity index (χ0) is 22.9. The molecule has 166 valence electrons. The molecule has 0 unspecified atom stereocenters. The molecule has 0 aliphatic heterocycles. The second-order valence-corrected chi connectivity index (χ2v) is 9.12. The van der Waals surface area contributed by atoms with Crippen LogP contribution in [0.4, 0.5) is 5.69 Å². The Morgan fingerprint density at radius 2 is 1.56 bits per heavy atom. The van der Waals surface area contributed by atoms with Crippen LogP contribution in [0.25, 0.3) is 0 Å². The number of hydrogen-bond acceptors (Lipinski definition) is 3. The maximum absolute atomic E-state index is 6.20. The average molecular weight is 429 g/mol. The maximum Gasteiger partial charge on any atom is 0.130 e. The van der Waals surface area contributed by atoms with E-state index < -0.39 is 0 Å². The van der Waals surface area contributed by atoms with Crippen molar-refractivity contribution in [3.05, 3.63) is 76.9 Å². The van der Waals surface area contributed by atoms with Crippen molar-refractivity contribution in [3.8, 4) is 23.0 Å². The lowest BCUT2D eigenvalue weighted by molar-refractivity contribution is 0.462. The van der Waals surface area contributed by atoms with Crippen molar-refractivity contribution in [2.75, 3.05) is 18.5 Å². The van der Waals surface area contributed by atoms with Crippen molar-refractivity contribution in [2.24, 2.45) is 4.99 Å². The number of nitrogens with zero attached hydrogens (tertiary/aromatic N) is 2. The Bertz CT molecular complexity index is 1150. The summed E-state index contributed by atoms with van der Waals surface area (Å²) in [5.74, 6) is 3.39. The van der Waals surface area contributed by atoms with Gasteiger partial charge in [-0.05, 0) is 97.3 Å². The number of fused-ring (bicyclic) bond motifs is 2. The number of anilines is 1. The first kappa shape index (κ1) is 21.9. The van der Waals surface area contributed by atoms with Crippen molar-refractivity contribution in [2.45, 2.75) is 46.5 Å². The SMILES string of the molecule is CCN(C=NC)c1cc(C)c(Oc2ccc(Oc3ccc4cc3CC4(C)C)cc2)cc1C. The Kier molecular flexibility index (Phi) is 5.96. The van der Waals surface area contributed by atoms with Gasteiger partial charge in [0.25, 0.3) is 0 Å². The monoisotopic (exact) mass is 428 g/mol. The second-order valence-electron chi connectivity index (χ2n) is 9.12. The molecule has 0 N–H and O–H groups in total. The van der Waals surface area contributed by atoms with Crippen molar-refractivity contribution >= 4 is 12.0 Å². The van der Waals surface area contributed by atoms with Crippen LogP contribution in [0.15, 0.2) is 59.6 Å². The highest BCUT2D eigenvalue weighted by atomic mass is 16.5. The smallest absolute Gasteiger partial charge is 0.130 e. The van der Waals surface area contributed by atoms with Crippen LogP contribution in [-0.4, -0.2) is 19.9 Å². The Hall–Kier alpha value is -3.27. The Morgan fingerprint density at radius 3 is 2.19 bits per heavy atom. The number of hydrogen-bond donors (Lipinski definition) is 0. The number of rotatable bonds is 7. The van der Waals surface area contributed by atoms with Gasteiger partial charge in [0.15, 0.2) is 0 Å². The van der Waals surface area contributed by atoms with Crippen LogP contribution in [0.3, 0.4) is 0 Å². The van der Waals surface area contributed by atoms with E-state index in [1.54, 1.807) is 7.05 Å². The van der Waals surface area contributed by atoms with Crippen LogP contribution in [0.1, 0.15) is 43.0 Å². The second kappa shape index (κ2) is 8.70. The summed E-state index contributed by atoms with van der Waals surface area (Å²) >= 11 is 0. The van der Waals surface area contributed by atoms with E-state index in [1.807, 2.05) is 30.6 Å². The predicted octanol–water partition coefficient (Wildman–Crippen LogP) is 7.21. The van der Waals surface area contributed by atoms with E-state index in [2.05, 4.69) is 74.8 Å². The molecule has 3 aromatic carbocycles. The lowest BCUT2D eigenvalue weighted by atomic mass is 9.87. The van der Waals surface area contributed by atoms with Gasteiger partial charge in [-0.25, -0.2) is 0 Å². The highest BCUT2D eigenvalue weighted by Gasteiger charge is 2.29. The molecule has 0 spiro atoms. The molecule has 4 nitrogen and oxygen atoms in total. The van der Waals surface area contributed by atoms with E-state index in [9.17, 15) is 0 Å². The molecule has 0 amide bonds. The van der Waals surface area contributed by atoms with Crippen molar-refractivity contribution in [3.63, 3.8) is 0 Å². The third-order valence-electron chi connectivity index (χ3n) is 6.15. The van der Waals surface area contributed by atoms with Crippen LogP contribution in [0.5, 0.6) is 23.0 Å². The fourth-order valence-corrected chi connectivity index (χ4v) is 4.29. The fourth-order valence-electron chi connectivity index (χ4n) is 4.29. The van der Waals surface area contributed by atoms with Crippen LogP contribution in [0.2, 0.25) is 0 Å². The number of aliphatic imine (C=N–C) groups is 1. The minimum absolute atomic E-state index is 0.192. The molecule has 0 fully saturated rings. The Balaban J connectivity index is 1.48. The summed E-state index contributed by atoms with van der Waals surface area (Å²) in [5.41, 5.74) is 6.22. The standard InChI is InChI=1S/C28H32N2O2/c1-7-30(18-29-6)25-14-20(3)27(15-19(25)2)32-24-11-9-23(10-12-24)31-26-13-8-22-16-21(26)17-28(22,4)5/h8-16,18H,7,17H2,1-6H3. The minimum atomic E-state index is 0.192. The summed E-state index contributed by atoms with van der Waals surface area (Å²) < 4.78 is 12.4. The van der Waals surface area contributed by atoms with E-state index in [4.69, 9.17) is 9.47 Å². The molecule has 1 aliphatic carbocycles. The molecule has 4 rings (SSSR count). The molecular formula is C28H32N2O2. The molecule has 0 radical (unpaired) electrons. The summed E-state index contributed by atoms with van der Waals surface area (Å²) in [6, 6.07) is 18.6. The van der Waals surface area contributed by atoms with Gasteiger partial charge in [-0.2, -0.15) is 0 Å². The third-order valence-corrected chi connectivity index (χ3v) is 6.15. The van der Waals surface area contributed by atoms with Gasteiger partial charge < -0.3 is 14.4 Å². The lowest BCUT2D eigenvalue weighted by Gasteiger charge is -2.21. The largest absolute Gasteiger partial charge is 0.457 e. The van der Waals surface area contributed by atoms with Crippen LogP contribution >= 0.6 is 0 Å². The van der Waals surface area contributed by atoms with E-state index in [0.29, 0.717) is 0 Å². The topological polar surface area (TPSA) is 34.1 Å². The first-order valence-corrected chi connectivity index (χ1v) is 11.2. The highest BCUT2D eigenvalue weighted by molar-refractivity contribution is 5.81. The third kappa shape index (κ3) is 4.36. The molecule has 1 aliphatic rings. The van der Waals surface area contributed by atoms with Gasteiger partial charge in [-0.3, -0.25) is 4.99 Å². The zero-order valence-corrected chi connectivity index (χ0v) is 19.9. The summed E-state index contributed by atoms with van der Waals surface area (Å²) in [5, 5.41) is 0. The van der Waals surface area contributed by atoms with Crippen LogP contribution in [0, 0.1) is 13.8 Å². The van der Waals surface area contributed by atoms with E-state index in [-0.39, 0.29) is 5.41 Å². The Labute approximate surface area is 191 Å². The molecule has 4 heteroatoms. The minimum Gasteiger partial charge on any atom is -0.457 e. The predicted molar refractivity (Wildman–Crippen MR) is 133 cm³/mol. The lowest BCUT2D eigenvalue weighted by Crippen LogP contribution is -2.21. The first-order chi connectivity index (χ1) is 15.3. The van der Waals surface area contributed by atoms with Crippen LogP contribution < -0.4 is 14.4 Å². The number of aryl methyl sites for hydroxylation is 2. The molecule has 2 bridgehead atoms. The summed E-state index contributed by atoms with van der Waals surface area (Å²) in [6.45, 7) is 11.7. The summed E-state index contributed by atoms with van der Waals surface area (Å²) in [6.07, 6.45) is 2.88. The molecule has 0 heterocycles. The number of benzene rings is 3. The number of ether oxygens (including phenoxy) is 2. The molecule has 0 saturated carbocycles. The van der Waals surface area contributed by atoms with Crippen molar-refractivity contribution < 1.29 is 9.47 Å². The highest BCUT2D eigenvalue weighted by Crippen LogP contribution is 2.41. The van der Waals surface area contributed by atoms with Gasteiger partial charge in [0.05, 0.1) is 6.34 Å². The molecular weight excluding hydrogens is 396 g/mol. The van der Waals surface area contributed by atoms with Gasteiger partial charge in [0, 0.05) is 19.3 Å². The van der Waals surface area contributed by atoms with Gasteiger partial charge in [0.1, 0.15) is 23.0 Å². The molecule has 0 atom stereocenters. The maximum atomic E-state index is 6.20. The normalized spacial score (nSPS) is 14.1. The Morgan fingerprint density at radius 1 is 0.906 bits per heavy atom.